The fourth-order valence-electron chi connectivity index (χ4n) is 9.25. The molecule has 3 aromatic heterocycles. The van der Waals surface area contributed by atoms with Gasteiger partial charge >= 0.3 is 14.9 Å². The SMILES string of the molecule is CCO[Si](CCCNC(=O)OCc1ccc2c(c1)c1ccccc1n2CC)(OCC)OCC.CCn1c2ccccc2c2cc(C=O)ccc21.CCn1c2ccccc2c2cc(CO)ccc21.CNC(C)=O. The van der Waals surface area contributed by atoms with E-state index in [1.165, 1.54) is 67.0 Å². The van der Waals surface area contributed by atoms with Crippen molar-refractivity contribution in [3.8, 4) is 0 Å². The van der Waals surface area contributed by atoms with E-state index in [0.29, 0.717) is 38.8 Å². The minimum atomic E-state index is -2.68. The highest BCUT2D eigenvalue weighted by molar-refractivity contribution is 6.60. The van der Waals surface area contributed by atoms with E-state index in [4.69, 9.17) is 18.0 Å². The first kappa shape index (κ1) is 54.5. The summed E-state index contributed by atoms with van der Waals surface area (Å²) in [4.78, 5) is 32.8. The molecule has 0 atom stereocenters. The minimum Gasteiger partial charge on any atom is -0.445 e. The second kappa shape index (κ2) is 26.6. The van der Waals surface area contributed by atoms with Gasteiger partial charge in [0.15, 0.2) is 0 Å². The first-order chi connectivity index (χ1) is 35.0. The van der Waals surface area contributed by atoms with Crippen LogP contribution in [0.3, 0.4) is 0 Å². The number of para-hydroxylation sites is 3. The summed E-state index contributed by atoms with van der Waals surface area (Å²) in [5.74, 6) is 0.00463. The summed E-state index contributed by atoms with van der Waals surface area (Å²) in [6.45, 7) is 19.0. The van der Waals surface area contributed by atoms with Gasteiger partial charge in [-0.25, -0.2) is 4.79 Å². The molecule has 3 N–H and O–H groups in total. The Labute approximate surface area is 424 Å². The largest absolute Gasteiger partial charge is 0.500 e. The Bertz CT molecular complexity index is 3210. The van der Waals surface area contributed by atoms with Crippen molar-refractivity contribution >= 4 is 92.5 Å². The lowest BCUT2D eigenvalue weighted by molar-refractivity contribution is -0.118. The van der Waals surface area contributed by atoms with E-state index in [-0.39, 0.29) is 19.1 Å². The number of aliphatic hydroxyl groups is 1. The minimum absolute atomic E-state index is 0.00463. The van der Waals surface area contributed by atoms with E-state index in [1.807, 2.05) is 63.2 Å². The molecule has 9 aromatic rings. The Morgan fingerprint density at radius 2 is 0.972 bits per heavy atom. The number of aromatic nitrogens is 3. The number of aldehydes is 1. The van der Waals surface area contributed by atoms with E-state index in [1.54, 1.807) is 7.05 Å². The predicted molar refractivity (Wildman–Crippen MR) is 295 cm³/mol. The van der Waals surface area contributed by atoms with Crippen molar-refractivity contribution < 1.29 is 37.5 Å². The molecule has 380 valence electrons. The Balaban J connectivity index is 0.000000181. The van der Waals surface area contributed by atoms with Crippen molar-refractivity contribution in [1.82, 2.24) is 24.3 Å². The number of hydrogen-bond acceptors (Lipinski definition) is 8. The maximum absolute atomic E-state index is 12.2. The topological polar surface area (TPSA) is 147 Å². The fourth-order valence-corrected chi connectivity index (χ4v) is 11.9. The lowest BCUT2D eigenvalue weighted by Crippen LogP contribution is -2.46. The van der Waals surface area contributed by atoms with Crippen molar-refractivity contribution in [3.05, 3.63) is 144 Å². The third-order valence-electron chi connectivity index (χ3n) is 12.5. The highest BCUT2D eigenvalue weighted by Crippen LogP contribution is 2.32. The lowest BCUT2D eigenvalue weighted by atomic mass is 10.1. The van der Waals surface area contributed by atoms with Gasteiger partial charge in [-0.1, -0.05) is 66.7 Å². The first-order valence-corrected chi connectivity index (χ1v) is 27.0. The van der Waals surface area contributed by atoms with Crippen LogP contribution in [0.15, 0.2) is 127 Å². The fraction of sp³-hybridized carbons (Fsp3) is 0.328. The second-order valence-electron chi connectivity index (χ2n) is 16.9. The number of hydrogen-bond donors (Lipinski definition) is 3. The van der Waals surface area contributed by atoms with Crippen LogP contribution in [0.5, 0.6) is 0 Å². The van der Waals surface area contributed by atoms with Crippen molar-refractivity contribution in [1.29, 1.82) is 0 Å². The molecule has 3 heterocycles. The normalized spacial score (nSPS) is 11.2. The summed E-state index contributed by atoms with van der Waals surface area (Å²) in [5.41, 5.74) is 10.0. The molecule has 0 spiro atoms. The average molecular weight is 994 g/mol. The standard InChI is InChI=1S/C25H36N2O5Si.C15H15NO.C15H13NO.C3H7NO/c1-5-27-23-13-10-9-12-21(23)22-18-20(14-15-24(22)27)19-29-25(28)26-16-11-17-33(30-6-2,31-7-3)32-8-4;2*1-2-16-14-6-4-3-5-12(14)13-9-11(10-17)7-8-15(13)16;1-3(5)4-2/h9-10,12-15,18H,5-8,11,16-17,19H2,1-4H3,(H,26,28);3-9,17H,2,10H2,1H3;3-10H,2H2,1H3;1-2H3,(H,4,5). The Morgan fingerprint density at radius 1 is 0.569 bits per heavy atom. The number of nitrogens with one attached hydrogen (secondary N) is 2. The number of carbonyl (C=O) groups is 3. The Morgan fingerprint density at radius 3 is 1.39 bits per heavy atom. The van der Waals surface area contributed by atoms with Crippen molar-refractivity contribution in [2.75, 3.05) is 33.4 Å². The van der Waals surface area contributed by atoms with Crippen LogP contribution in [0.4, 0.5) is 4.79 Å². The van der Waals surface area contributed by atoms with Crippen molar-refractivity contribution in [2.24, 2.45) is 0 Å². The lowest BCUT2D eigenvalue weighted by Gasteiger charge is -2.28. The zero-order valence-electron chi connectivity index (χ0n) is 43.1. The van der Waals surface area contributed by atoms with Gasteiger partial charge in [0, 0.05) is 137 Å². The van der Waals surface area contributed by atoms with Gasteiger partial charge < -0.3 is 47.5 Å². The molecule has 0 saturated heterocycles. The van der Waals surface area contributed by atoms with Gasteiger partial charge in [0.2, 0.25) is 5.91 Å². The molecule has 72 heavy (non-hydrogen) atoms. The molecule has 2 amide bonds. The summed E-state index contributed by atoms with van der Waals surface area (Å²) < 4.78 is 29.9. The molecular weight excluding hydrogens is 923 g/mol. The number of rotatable bonds is 17. The van der Waals surface area contributed by atoms with Crippen molar-refractivity contribution in [3.63, 3.8) is 0 Å². The molecule has 0 aliphatic rings. The van der Waals surface area contributed by atoms with Gasteiger partial charge in [0.25, 0.3) is 0 Å². The second-order valence-corrected chi connectivity index (χ2v) is 19.7. The third-order valence-corrected chi connectivity index (χ3v) is 15.6. The van der Waals surface area contributed by atoms with Crippen LogP contribution in [-0.4, -0.2) is 79.3 Å². The highest BCUT2D eigenvalue weighted by Gasteiger charge is 2.39. The van der Waals surface area contributed by atoms with Crippen LogP contribution in [0.1, 0.15) is 76.4 Å². The molecule has 6 aromatic carbocycles. The van der Waals surface area contributed by atoms with Gasteiger partial charge in [-0.05, 0) is 120 Å². The van der Waals surface area contributed by atoms with Crippen LogP contribution in [0.25, 0.3) is 65.4 Å². The smallest absolute Gasteiger partial charge is 0.445 e. The van der Waals surface area contributed by atoms with Gasteiger partial charge in [-0.3, -0.25) is 9.59 Å². The van der Waals surface area contributed by atoms with Crippen LogP contribution in [-0.2, 0) is 55.7 Å². The molecule has 13 nitrogen and oxygen atoms in total. The van der Waals surface area contributed by atoms with Crippen LogP contribution in [0, 0.1) is 0 Å². The number of carbonyl (C=O) groups excluding carboxylic acids is 3. The van der Waals surface area contributed by atoms with Crippen LogP contribution < -0.4 is 10.6 Å². The number of ether oxygens (including phenoxy) is 1. The first-order valence-electron chi connectivity index (χ1n) is 25.1. The quantitative estimate of drug-likeness (QED) is 0.0464. The van der Waals surface area contributed by atoms with E-state index in [9.17, 15) is 19.5 Å². The third kappa shape index (κ3) is 12.8. The molecule has 14 heteroatoms. The monoisotopic (exact) mass is 994 g/mol. The highest BCUT2D eigenvalue weighted by atomic mass is 28.4. The maximum Gasteiger partial charge on any atom is 0.500 e. The predicted octanol–water partition coefficient (Wildman–Crippen LogP) is 12.2. The summed E-state index contributed by atoms with van der Waals surface area (Å²) in [5, 5.41) is 21.7. The van der Waals surface area contributed by atoms with Crippen molar-refractivity contribution in [2.45, 2.75) is 93.8 Å². The number of amides is 2. The number of nitrogens with zero attached hydrogens (tertiary/aromatic N) is 3. The van der Waals surface area contributed by atoms with E-state index >= 15 is 0 Å². The molecular formula is C58H71N5O8Si. The van der Waals surface area contributed by atoms with E-state index < -0.39 is 14.9 Å². The Hall–Kier alpha value is -6.81. The number of fused-ring (bicyclic) bond motifs is 9. The average Bonchev–Trinajstić information content (AvgIpc) is 4.03. The van der Waals surface area contributed by atoms with E-state index in [2.05, 4.69) is 130 Å². The molecule has 0 aliphatic heterocycles. The summed E-state index contributed by atoms with van der Waals surface area (Å²) in [7, 11) is -1.08. The number of aryl methyl sites for hydroxylation is 3. The summed E-state index contributed by atoms with van der Waals surface area (Å²) in [6.07, 6.45) is 1.17. The summed E-state index contributed by atoms with van der Waals surface area (Å²) >= 11 is 0. The zero-order chi connectivity index (χ0) is 51.6. The molecule has 0 fully saturated rings. The molecule has 0 saturated carbocycles. The zero-order valence-corrected chi connectivity index (χ0v) is 44.1. The number of aliphatic hydroxyl groups excluding tert-OH is 1. The van der Waals surface area contributed by atoms with Crippen LogP contribution >= 0.6 is 0 Å². The van der Waals surface area contributed by atoms with E-state index in [0.717, 1.165) is 48.0 Å². The molecule has 0 unspecified atom stereocenters. The van der Waals surface area contributed by atoms with Gasteiger partial charge in [-0.2, -0.15) is 0 Å². The van der Waals surface area contributed by atoms with Gasteiger partial charge in [-0.15, -0.1) is 0 Å². The molecule has 0 aliphatic carbocycles. The molecule has 0 radical (unpaired) electrons. The van der Waals surface area contributed by atoms with Gasteiger partial charge in [0.1, 0.15) is 12.9 Å². The summed E-state index contributed by atoms with van der Waals surface area (Å²) in [6, 6.07) is 44.1. The van der Waals surface area contributed by atoms with Gasteiger partial charge in [0.05, 0.1) is 6.61 Å². The molecule has 0 bridgehead atoms. The Kier molecular flexibility index (Phi) is 20.1. The number of benzene rings is 6. The maximum atomic E-state index is 12.2. The number of alkyl carbamates (subject to hydrolysis) is 1. The molecule has 9 rings (SSSR count). The van der Waals surface area contributed by atoms with Crippen LogP contribution in [0.2, 0.25) is 6.04 Å².